The molecule has 1 rings (SSSR count). The van der Waals surface area contributed by atoms with Crippen LogP contribution in [-0.4, -0.2) is 54.0 Å². The number of carbonyl (C=O) groups is 1. The highest BCUT2D eigenvalue weighted by Gasteiger charge is 2.19. The summed E-state index contributed by atoms with van der Waals surface area (Å²) < 4.78 is 0.964. The Labute approximate surface area is 179 Å². The molecule has 0 fully saturated rings. The fourth-order valence-corrected chi connectivity index (χ4v) is 3.43. The van der Waals surface area contributed by atoms with Crippen LogP contribution in [0.25, 0.3) is 0 Å². The fourth-order valence-electron chi connectivity index (χ4n) is 3.43. The topological polar surface area (TPSA) is 57.5 Å². The number of aliphatic hydroxyl groups excluding tert-OH is 1. The molecule has 0 saturated heterocycles. The van der Waals surface area contributed by atoms with Gasteiger partial charge in [0.25, 0.3) is 0 Å². The van der Waals surface area contributed by atoms with Crippen LogP contribution in [0.1, 0.15) is 94.8 Å². The molecule has 2 N–H and O–H groups in total. The zero-order chi connectivity index (χ0) is 22.0. The van der Waals surface area contributed by atoms with Crippen molar-refractivity contribution in [2.75, 3.05) is 27.2 Å². The highest BCUT2D eigenvalue weighted by atomic mass is 16.4. The van der Waals surface area contributed by atoms with E-state index in [-0.39, 0.29) is 6.10 Å². The first kappa shape index (κ1) is 27.6. The number of quaternary nitrogens is 1. The van der Waals surface area contributed by atoms with Crippen LogP contribution in [0.2, 0.25) is 0 Å². The summed E-state index contributed by atoms with van der Waals surface area (Å²) in [7, 11) is 4.49. The zero-order valence-corrected chi connectivity index (χ0v) is 19.4. The average molecular weight is 409 g/mol. The number of carboxylic acids is 1. The third kappa shape index (κ3) is 17.2. The molecule has 0 amide bonds. The van der Waals surface area contributed by atoms with Crippen molar-refractivity contribution in [1.82, 2.24) is 0 Å². The van der Waals surface area contributed by atoms with Gasteiger partial charge in [-0.25, -0.2) is 4.79 Å². The van der Waals surface area contributed by atoms with E-state index in [1.54, 1.807) is 30.3 Å². The summed E-state index contributed by atoms with van der Waals surface area (Å²) >= 11 is 0. The normalized spacial score (nSPS) is 12.2. The number of likely N-dealkylation sites (N-methyl/N-ethyl adjacent to an activating group) is 1. The van der Waals surface area contributed by atoms with E-state index >= 15 is 0 Å². The lowest BCUT2D eigenvalue weighted by Crippen LogP contribution is -2.45. The largest absolute Gasteiger partial charge is 0.478 e. The lowest BCUT2D eigenvalue weighted by molar-refractivity contribution is -0.893. The van der Waals surface area contributed by atoms with Gasteiger partial charge in [0.1, 0.15) is 12.6 Å². The summed E-state index contributed by atoms with van der Waals surface area (Å²) in [6.45, 7) is 6.60. The van der Waals surface area contributed by atoms with Crippen LogP contribution in [0.5, 0.6) is 0 Å². The van der Waals surface area contributed by atoms with Crippen molar-refractivity contribution in [3.63, 3.8) is 0 Å². The predicted octanol–water partition coefficient (Wildman–Crippen LogP) is 6.14. The molecule has 29 heavy (non-hydrogen) atoms. The van der Waals surface area contributed by atoms with Gasteiger partial charge in [0.15, 0.2) is 0 Å². The first-order valence-electron chi connectivity index (χ1n) is 11.6. The molecule has 0 aromatic heterocycles. The summed E-state index contributed by atoms with van der Waals surface area (Å²) in [6, 6.07) is 8.30. The van der Waals surface area contributed by atoms with Crippen LogP contribution in [-0.2, 0) is 0 Å². The number of unbranched alkanes of at least 4 members (excludes halogenated alkanes) is 8. The number of carboxylic acid groups (broad SMARTS) is 1. The third-order valence-corrected chi connectivity index (χ3v) is 5.23. The van der Waals surface area contributed by atoms with Crippen molar-refractivity contribution < 1.29 is 19.5 Å². The molecular weight excluding hydrogens is 362 g/mol. The van der Waals surface area contributed by atoms with Crippen LogP contribution in [0.15, 0.2) is 30.3 Å². The number of rotatable bonds is 15. The highest BCUT2D eigenvalue weighted by molar-refractivity contribution is 5.87. The van der Waals surface area contributed by atoms with Gasteiger partial charge in [-0.15, -0.1) is 0 Å². The number of benzene rings is 1. The minimum Gasteiger partial charge on any atom is -0.478 e. The van der Waals surface area contributed by atoms with Crippen LogP contribution in [0.3, 0.4) is 0 Å². The second-order valence-electron chi connectivity index (χ2n) is 8.78. The first-order valence-corrected chi connectivity index (χ1v) is 11.6. The molecule has 1 aromatic carbocycles. The molecule has 0 bridgehead atoms. The van der Waals surface area contributed by atoms with E-state index in [9.17, 15) is 9.90 Å². The van der Waals surface area contributed by atoms with E-state index < -0.39 is 5.97 Å². The Morgan fingerprint density at radius 2 is 1.38 bits per heavy atom. The number of hydrogen-bond acceptors (Lipinski definition) is 2. The maximum Gasteiger partial charge on any atom is 0.335 e. The fraction of sp³-hybridized carbons (Fsp3) is 0.720. The minimum atomic E-state index is -0.879. The van der Waals surface area contributed by atoms with Gasteiger partial charge in [-0.2, -0.15) is 0 Å². The summed E-state index contributed by atoms with van der Waals surface area (Å²) in [4.78, 5) is 10.2. The molecule has 0 aliphatic heterocycles. The van der Waals surface area contributed by atoms with E-state index in [0.29, 0.717) is 5.56 Å². The van der Waals surface area contributed by atoms with Crippen LogP contribution < -0.4 is 0 Å². The molecule has 0 spiro atoms. The van der Waals surface area contributed by atoms with Crippen molar-refractivity contribution in [2.45, 2.75) is 90.6 Å². The predicted molar refractivity (Wildman–Crippen MR) is 123 cm³/mol. The molecule has 0 radical (unpaired) electrons. The molecule has 168 valence electrons. The second-order valence-corrected chi connectivity index (χ2v) is 8.78. The van der Waals surface area contributed by atoms with Crippen molar-refractivity contribution >= 4 is 5.97 Å². The van der Waals surface area contributed by atoms with Gasteiger partial charge in [-0.3, -0.25) is 0 Å². The van der Waals surface area contributed by atoms with E-state index in [2.05, 4.69) is 27.9 Å². The maximum atomic E-state index is 10.2. The molecule has 0 heterocycles. The lowest BCUT2D eigenvalue weighted by Gasteiger charge is -2.31. The number of aromatic carboxylic acids is 1. The van der Waals surface area contributed by atoms with Gasteiger partial charge in [0, 0.05) is 0 Å². The van der Waals surface area contributed by atoms with Crippen LogP contribution >= 0.6 is 0 Å². The lowest BCUT2D eigenvalue weighted by atomic mass is 10.1. The quantitative estimate of drug-likeness (QED) is 0.271. The molecule has 4 heteroatoms. The molecule has 0 aliphatic rings. The molecule has 1 aromatic rings. The van der Waals surface area contributed by atoms with Crippen molar-refractivity contribution in [3.05, 3.63) is 35.9 Å². The molecule has 1 atom stereocenters. The Morgan fingerprint density at radius 1 is 0.862 bits per heavy atom. The first-order chi connectivity index (χ1) is 13.8. The smallest absolute Gasteiger partial charge is 0.335 e. The van der Waals surface area contributed by atoms with Crippen LogP contribution in [0.4, 0.5) is 0 Å². The minimum absolute atomic E-state index is 0.109. The van der Waals surface area contributed by atoms with Crippen LogP contribution in [0, 0.1) is 0 Å². The summed E-state index contributed by atoms with van der Waals surface area (Å²) in [5, 5.41) is 18.5. The molecule has 0 aliphatic carbocycles. The van der Waals surface area contributed by atoms with E-state index in [1.165, 1.54) is 70.8 Å². The molecular formula is C25H46NO3+. The Balaban J connectivity index is 0.000000717. The monoisotopic (exact) mass is 408 g/mol. The molecule has 1 unspecified atom stereocenters. The van der Waals surface area contributed by atoms with Crippen molar-refractivity contribution in [1.29, 1.82) is 0 Å². The van der Waals surface area contributed by atoms with Gasteiger partial charge in [-0.1, -0.05) is 89.8 Å². The molecule has 0 saturated carbocycles. The second kappa shape index (κ2) is 17.5. The summed E-state index contributed by atoms with van der Waals surface area (Å²) in [5.74, 6) is -0.879. The Kier molecular flexibility index (Phi) is 16.6. The number of nitrogens with zero attached hydrogens (tertiary/aromatic N) is 1. The van der Waals surface area contributed by atoms with Crippen molar-refractivity contribution in [2.24, 2.45) is 0 Å². The number of hydrogen-bond donors (Lipinski definition) is 2. The maximum absolute atomic E-state index is 10.2. The van der Waals surface area contributed by atoms with E-state index in [0.717, 1.165) is 17.4 Å². The van der Waals surface area contributed by atoms with Gasteiger partial charge in [0.2, 0.25) is 0 Å². The average Bonchev–Trinajstić information content (AvgIpc) is 2.69. The van der Waals surface area contributed by atoms with E-state index in [4.69, 9.17) is 5.11 Å². The van der Waals surface area contributed by atoms with Gasteiger partial charge < -0.3 is 14.7 Å². The summed E-state index contributed by atoms with van der Waals surface area (Å²) in [6.07, 6.45) is 14.1. The number of aliphatic hydroxyl groups is 1. The Hall–Kier alpha value is -1.39. The zero-order valence-electron chi connectivity index (χ0n) is 19.4. The van der Waals surface area contributed by atoms with Gasteiger partial charge in [0.05, 0.1) is 26.2 Å². The SMILES string of the molecule is CCCCCCCCCCC(O)C[N+](C)(C)CCCC.O=C(O)c1ccccc1. The van der Waals surface area contributed by atoms with Crippen molar-refractivity contribution in [3.8, 4) is 0 Å². The Morgan fingerprint density at radius 3 is 1.86 bits per heavy atom. The van der Waals surface area contributed by atoms with Gasteiger partial charge in [-0.05, 0) is 25.0 Å². The molecule has 4 nitrogen and oxygen atoms in total. The van der Waals surface area contributed by atoms with E-state index in [1.807, 2.05) is 0 Å². The highest BCUT2D eigenvalue weighted by Crippen LogP contribution is 2.12. The van der Waals surface area contributed by atoms with Gasteiger partial charge >= 0.3 is 5.97 Å². The standard InChI is InChI=1S/C18H40NO.C7H6O2/c1-5-7-9-10-11-12-13-14-15-18(20)17-19(3,4)16-8-6-2;8-7(9)6-4-2-1-3-5-6/h18,20H,5-17H2,1-4H3;1-5H,(H,8,9)/q+1;. The third-order valence-electron chi connectivity index (χ3n) is 5.23. The Bertz CT molecular complexity index is 502. The summed E-state index contributed by atoms with van der Waals surface area (Å²) in [5.41, 5.74) is 0.331.